The molecule has 6 nitrogen and oxygen atoms in total. The number of hydrogen-bond acceptors (Lipinski definition) is 5. The first-order chi connectivity index (χ1) is 10.3. The summed E-state index contributed by atoms with van der Waals surface area (Å²) in [5, 5.41) is 3.18. The van der Waals surface area contributed by atoms with Crippen LogP contribution in [0.25, 0.3) is 0 Å². The number of nitrogens with two attached hydrogens (primary N) is 1. The zero-order valence-corrected chi connectivity index (χ0v) is 13.6. The lowest BCUT2D eigenvalue weighted by Crippen LogP contribution is -2.23. The number of amides is 1. The van der Waals surface area contributed by atoms with Crippen LogP contribution in [-0.4, -0.2) is 21.1 Å². The molecule has 1 unspecified atom stereocenters. The number of anilines is 2. The average Bonchev–Trinajstić information content (AvgIpc) is 2.41. The molecule has 0 spiro atoms. The fourth-order valence-corrected chi connectivity index (χ4v) is 2.64. The minimum Gasteiger partial charge on any atom is -0.383 e. The first-order valence-corrected chi connectivity index (χ1v) is 7.71. The summed E-state index contributed by atoms with van der Waals surface area (Å²) in [6.07, 6.45) is 0. The number of benzene rings is 1. The van der Waals surface area contributed by atoms with Gasteiger partial charge in [0.2, 0.25) is 5.91 Å². The predicted octanol–water partition coefficient (Wildman–Crippen LogP) is 2.43. The van der Waals surface area contributed by atoms with Gasteiger partial charge in [-0.15, -0.1) is 0 Å². The van der Waals surface area contributed by atoms with Crippen LogP contribution >= 0.6 is 23.4 Å². The minimum atomic E-state index is -0.468. The molecule has 0 saturated heterocycles. The van der Waals surface area contributed by atoms with E-state index in [1.807, 2.05) is 13.0 Å². The molecule has 0 fully saturated rings. The molecule has 0 saturated carbocycles. The zero-order valence-electron chi connectivity index (χ0n) is 12.0. The molecule has 2 rings (SSSR count). The molecule has 0 aliphatic rings. The van der Waals surface area contributed by atoms with E-state index in [1.165, 1.54) is 6.07 Å². The summed E-state index contributed by atoms with van der Waals surface area (Å²) in [6.45, 7) is 3.59. The fraction of sp³-hybridized carbons (Fsp3) is 0.214. The van der Waals surface area contributed by atoms with Crippen LogP contribution in [0.2, 0.25) is 5.02 Å². The number of carbonyl (C=O) groups excluding carboxylic acids is 1. The maximum atomic E-state index is 12.2. The third-order valence-corrected chi connectivity index (χ3v) is 4.23. The number of carbonyl (C=O) groups is 1. The quantitative estimate of drug-likeness (QED) is 0.587. The van der Waals surface area contributed by atoms with E-state index in [2.05, 4.69) is 15.3 Å². The van der Waals surface area contributed by atoms with Crippen LogP contribution in [0.5, 0.6) is 0 Å². The molecule has 1 amide bonds. The number of aromatic nitrogens is 2. The lowest BCUT2D eigenvalue weighted by atomic mass is 10.2. The number of aromatic amines is 1. The number of hydrogen-bond donors (Lipinski definition) is 3. The third-order valence-electron chi connectivity index (χ3n) is 2.84. The monoisotopic (exact) mass is 338 g/mol. The van der Waals surface area contributed by atoms with Crippen molar-refractivity contribution in [3.8, 4) is 0 Å². The summed E-state index contributed by atoms with van der Waals surface area (Å²) < 4.78 is 0. The van der Waals surface area contributed by atoms with Crippen molar-refractivity contribution in [3.05, 3.63) is 45.2 Å². The second-order valence-electron chi connectivity index (χ2n) is 4.69. The molecule has 8 heteroatoms. The number of nitrogens with zero attached hydrogens (tertiary/aromatic N) is 1. The SMILES string of the molecule is Cc1ccc(NC(=O)C(C)Sc2nc(N)cc(=O)[nH]2)cc1Cl. The van der Waals surface area contributed by atoms with Gasteiger partial charge in [0, 0.05) is 16.8 Å². The van der Waals surface area contributed by atoms with Crippen LogP contribution < -0.4 is 16.6 Å². The van der Waals surface area contributed by atoms with Gasteiger partial charge in [0.05, 0.1) is 5.25 Å². The predicted molar refractivity (Wildman–Crippen MR) is 89.4 cm³/mol. The Morgan fingerprint density at radius 1 is 1.45 bits per heavy atom. The lowest BCUT2D eigenvalue weighted by Gasteiger charge is -2.12. The molecule has 1 aromatic carbocycles. The van der Waals surface area contributed by atoms with E-state index >= 15 is 0 Å². The number of aryl methyl sites for hydroxylation is 1. The maximum Gasteiger partial charge on any atom is 0.253 e. The van der Waals surface area contributed by atoms with Gasteiger partial charge < -0.3 is 16.0 Å². The van der Waals surface area contributed by atoms with E-state index in [9.17, 15) is 9.59 Å². The van der Waals surface area contributed by atoms with Crippen LogP contribution in [0.1, 0.15) is 12.5 Å². The van der Waals surface area contributed by atoms with Crippen molar-refractivity contribution < 1.29 is 4.79 Å². The molecule has 0 aliphatic heterocycles. The highest BCUT2D eigenvalue weighted by atomic mass is 35.5. The molecule has 1 aromatic heterocycles. The van der Waals surface area contributed by atoms with Gasteiger partial charge in [-0.1, -0.05) is 29.4 Å². The van der Waals surface area contributed by atoms with Gasteiger partial charge in [0.1, 0.15) is 5.82 Å². The first kappa shape index (κ1) is 16.4. The van der Waals surface area contributed by atoms with Gasteiger partial charge in [-0.3, -0.25) is 9.59 Å². The molecule has 1 atom stereocenters. The van der Waals surface area contributed by atoms with Crippen molar-refractivity contribution in [3.63, 3.8) is 0 Å². The molecule has 4 N–H and O–H groups in total. The number of thioether (sulfide) groups is 1. The normalized spacial score (nSPS) is 12.0. The van der Waals surface area contributed by atoms with E-state index in [1.54, 1.807) is 19.1 Å². The second-order valence-corrected chi connectivity index (χ2v) is 6.43. The van der Waals surface area contributed by atoms with Crippen molar-refractivity contribution in [2.24, 2.45) is 0 Å². The lowest BCUT2D eigenvalue weighted by molar-refractivity contribution is -0.115. The van der Waals surface area contributed by atoms with Crippen LogP contribution in [0.15, 0.2) is 34.2 Å². The van der Waals surface area contributed by atoms with Gasteiger partial charge in [-0.05, 0) is 31.5 Å². The summed E-state index contributed by atoms with van der Waals surface area (Å²) in [5.41, 5.74) is 6.70. The molecule has 0 aliphatic carbocycles. The molecular formula is C14H15ClN4O2S. The van der Waals surface area contributed by atoms with E-state index in [0.717, 1.165) is 17.3 Å². The third kappa shape index (κ3) is 4.25. The molecule has 116 valence electrons. The molecule has 0 bridgehead atoms. The molecule has 22 heavy (non-hydrogen) atoms. The Kier molecular flexibility index (Phi) is 5.10. The summed E-state index contributed by atoms with van der Waals surface area (Å²) >= 11 is 7.14. The fourth-order valence-electron chi connectivity index (χ4n) is 1.64. The van der Waals surface area contributed by atoms with Crippen LogP contribution in [0.3, 0.4) is 0 Å². The Balaban J connectivity index is 2.05. The Morgan fingerprint density at radius 3 is 2.82 bits per heavy atom. The van der Waals surface area contributed by atoms with Gasteiger partial charge >= 0.3 is 0 Å². The zero-order chi connectivity index (χ0) is 16.3. The van der Waals surface area contributed by atoms with Crippen LogP contribution in [0, 0.1) is 6.92 Å². The van der Waals surface area contributed by atoms with Gasteiger partial charge in [0.15, 0.2) is 5.16 Å². The highest BCUT2D eigenvalue weighted by Gasteiger charge is 2.16. The standard InChI is InChI=1S/C14H15ClN4O2S/c1-7-3-4-9(5-10(7)15)17-13(21)8(2)22-14-18-11(16)6-12(20)19-14/h3-6,8H,1-2H3,(H,17,21)(H3,16,18,19,20). The van der Waals surface area contributed by atoms with Crippen molar-refractivity contribution in [2.45, 2.75) is 24.3 Å². The number of nitrogen functional groups attached to an aromatic ring is 1. The van der Waals surface area contributed by atoms with E-state index in [0.29, 0.717) is 15.9 Å². The smallest absolute Gasteiger partial charge is 0.253 e. The summed E-state index contributed by atoms with van der Waals surface area (Å²) in [7, 11) is 0. The van der Waals surface area contributed by atoms with E-state index < -0.39 is 5.25 Å². The molecule has 2 aromatic rings. The number of H-pyrrole nitrogens is 1. The summed E-state index contributed by atoms with van der Waals surface area (Å²) in [6, 6.07) is 6.47. The maximum absolute atomic E-state index is 12.2. The van der Waals surface area contributed by atoms with Gasteiger partial charge in [-0.25, -0.2) is 4.98 Å². The van der Waals surface area contributed by atoms with E-state index in [4.69, 9.17) is 17.3 Å². The molecule has 0 radical (unpaired) electrons. The highest BCUT2D eigenvalue weighted by molar-refractivity contribution is 8.00. The van der Waals surface area contributed by atoms with Gasteiger partial charge in [0.25, 0.3) is 5.56 Å². The van der Waals surface area contributed by atoms with Crippen molar-refractivity contribution >= 4 is 40.8 Å². The summed E-state index contributed by atoms with van der Waals surface area (Å²) in [4.78, 5) is 30.0. The van der Waals surface area contributed by atoms with E-state index in [-0.39, 0.29) is 17.3 Å². The average molecular weight is 339 g/mol. The Morgan fingerprint density at radius 2 is 2.18 bits per heavy atom. The van der Waals surface area contributed by atoms with Crippen LogP contribution in [0.4, 0.5) is 11.5 Å². The largest absolute Gasteiger partial charge is 0.383 e. The van der Waals surface area contributed by atoms with Crippen molar-refractivity contribution in [2.75, 3.05) is 11.1 Å². The second kappa shape index (κ2) is 6.85. The Hall–Kier alpha value is -1.99. The number of rotatable bonds is 4. The summed E-state index contributed by atoms with van der Waals surface area (Å²) in [5.74, 6) is -0.112. The number of halogens is 1. The van der Waals surface area contributed by atoms with Gasteiger partial charge in [-0.2, -0.15) is 0 Å². The molecular weight excluding hydrogens is 324 g/mol. The van der Waals surface area contributed by atoms with Crippen LogP contribution in [-0.2, 0) is 4.79 Å². The Bertz CT molecular complexity index is 763. The Labute approximate surface area is 136 Å². The minimum absolute atomic E-state index is 0.115. The first-order valence-electron chi connectivity index (χ1n) is 6.45. The van der Waals surface area contributed by atoms with Crippen molar-refractivity contribution in [1.29, 1.82) is 0 Å². The topological polar surface area (TPSA) is 101 Å². The molecule has 1 heterocycles. The number of nitrogens with one attached hydrogen (secondary N) is 2. The van der Waals surface area contributed by atoms with Crippen molar-refractivity contribution in [1.82, 2.24) is 9.97 Å². The highest BCUT2D eigenvalue weighted by Crippen LogP contribution is 2.23.